The van der Waals surface area contributed by atoms with Crippen LogP contribution >= 0.6 is 0 Å². The lowest BCUT2D eigenvalue weighted by Crippen LogP contribution is -2.27. The summed E-state index contributed by atoms with van der Waals surface area (Å²) in [5.41, 5.74) is 3.65. The largest absolute Gasteiger partial charge is 0.367 e. The first-order valence-corrected chi connectivity index (χ1v) is 6.75. The molecule has 5 nitrogen and oxygen atoms in total. The van der Waals surface area contributed by atoms with E-state index in [9.17, 15) is 0 Å². The number of anilines is 2. The number of nitrogens with two attached hydrogens (primary N) is 1. The maximum Gasteiger partial charge on any atom is 0.148 e. The highest BCUT2D eigenvalue weighted by Crippen LogP contribution is 2.45. The van der Waals surface area contributed by atoms with Gasteiger partial charge in [0.15, 0.2) is 0 Å². The van der Waals surface area contributed by atoms with Crippen LogP contribution in [0.5, 0.6) is 0 Å². The van der Waals surface area contributed by atoms with Crippen molar-refractivity contribution in [2.24, 2.45) is 17.7 Å². The van der Waals surface area contributed by atoms with Crippen molar-refractivity contribution < 1.29 is 0 Å². The fraction of sp³-hybridized carbons (Fsp3) is 0.692. The molecule has 2 aliphatic rings. The van der Waals surface area contributed by atoms with Crippen molar-refractivity contribution in [1.82, 2.24) is 9.97 Å². The first-order valence-electron chi connectivity index (χ1n) is 6.75. The lowest BCUT2D eigenvalue weighted by Gasteiger charge is -2.24. The molecule has 0 spiro atoms. The van der Waals surface area contributed by atoms with E-state index in [0.29, 0.717) is 11.9 Å². The minimum Gasteiger partial charge on any atom is -0.367 e. The van der Waals surface area contributed by atoms with Gasteiger partial charge in [-0.3, -0.25) is 0 Å². The summed E-state index contributed by atoms with van der Waals surface area (Å²) >= 11 is 0. The Morgan fingerprint density at radius 2 is 1.89 bits per heavy atom. The van der Waals surface area contributed by atoms with Crippen molar-refractivity contribution >= 4 is 11.6 Å². The second kappa shape index (κ2) is 4.39. The van der Waals surface area contributed by atoms with Gasteiger partial charge in [0.2, 0.25) is 0 Å². The second-order valence-corrected chi connectivity index (χ2v) is 5.66. The van der Waals surface area contributed by atoms with Crippen molar-refractivity contribution in [1.29, 1.82) is 0 Å². The van der Waals surface area contributed by atoms with E-state index in [0.717, 1.165) is 29.0 Å². The predicted molar refractivity (Wildman–Crippen MR) is 72.2 cm³/mol. The highest BCUT2D eigenvalue weighted by molar-refractivity contribution is 5.57. The molecular weight excluding hydrogens is 226 g/mol. The van der Waals surface area contributed by atoms with Gasteiger partial charge in [-0.05, 0) is 44.9 Å². The van der Waals surface area contributed by atoms with Crippen LogP contribution in [0, 0.1) is 25.7 Å². The molecule has 3 rings (SSSR count). The quantitative estimate of drug-likeness (QED) is 0.562. The maximum atomic E-state index is 5.49. The summed E-state index contributed by atoms with van der Waals surface area (Å²) in [6.07, 6.45) is 5.47. The maximum absolute atomic E-state index is 5.49. The standard InChI is InChI=1S/C13H21N5/c1-7-12(15-8(2)16-13(7)18-14)17-11-6-9-3-4-10(11)5-9/h9-11H,3-6,14H2,1-2H3,(H2,15,16,17,18). The van der Waals surface area contributed by atoms with Crippen LogP contribution in [0.15, 0.2) is 0 Å². The summed E-state index contributed by atoms with van der Waals surface area (Å²) in [4.78, 5) is 8.80. The van der Waals surface area contributed by atoms with E-state index in [1.54, 1.807) is 0 Å². The van der Waals surface area contributed by atoms with Crippen LogP contribution in [-0.2, 0) is 0 Å². The molecule has 4 N–H and O–H groups in total. The first-order chi connectivity index (χ1) is 8.67. The summed E-state index contributed by atoms with van der Waals surface area (Å²) in [5, 5.41) is 3.61. The number of nitrogens with zero attached hydrogens (tertiary/aromatic N) is 2. The number of fused-ring (bicyclic) bond motifs is 2. The van der Waals surface area contributed by atoms with Crippen LogP contribution in [0.25, 0.3) is 0 Å². The third kappa shape index (κ3) is 1.92. The van der Waals surface area contributed by atoms with E-state index in [1.807, 2.05) is 13.8 Å². The van der Waals surface area contributed by atoms with E-state index in [-0.39, 0.29) is 0 Å². The molecule has 2 fully saturated rings. The Labute approximate surface area is 108 Å². The third-order valence-corrected chi connectivity index (χ3v) is 4.45. The van der Waals surface area contributed by atoms with E-state index >= 15 is 0 Å². The summed E-state index contributed by atoms with van der Waals surface area (Å²) < 4.78 is 0. The van der Waals surface area contributed by atoms with Gasteiger partial charge < -0.3 is 10.7 Å². The van der Waals surface area contributed by atoms with Crippen molar-refractivity contribution in [3.05, 3.63) is 11.4 Å². The highest BCUT2D eigenvalue weighted by Gasteiger charge is 2.39. The highest BCUT2D eigenvalue weighted by atomic mass is 15.3. The van der Waals surface area contributed by atoms with Crippen molar-refractivity contribution in [2.75, 3.05) is 10.7 Å². The van der Waals surface area contributed by atoms with Gasteiger partial charge in [0.1, 0.15) is 17.5 Å². The smallest absolute Gasteiger partial charge is 0.148 e. The van der Waals surface area contributed by atoms with Crippen LogP contribution in [0.2, 0.25) is 0 Å². The Morgan fingerprint density at radius 1 is 1.11 bits per heavy atom. The zero-order valence-electron chi connectivity index (χ0n) is 11.0. The Hall–Kier alpha value is -1.36. The van der Waals surface area contributed by atoms with Crippen LogP contribution in [0.3, 0.4) is 0 Å². The molecular formula is C13H21N5. The predicted octanol–water partition coefficient (Wildman–Crippen LogP) is 1.98. The minimum atomic E-state index is 0.586. The number of aryl methyl sites for hydroxylation is 1. The average Bonchev–Trinajstić information content (AvgIpc) is 2.95. The number of aromatic nitrogens is 2. The zero-order valence-corrected chi connectivity index (χ0v) is 11.0. The minimum absolute atomic E-state index is 0.586. The second-order valence-electron chi connectivity index (χ2n) is 5.66. The van der Waals surface area contributed by atoms with Crippen LogP contribution in [0.4, 0.5) is 11.6 Å². The number of nitrogen functional groups attached to an aromatic ring is 1. The van der Waals surface area contributed by atoms with Gasteiger partial charge in [-0.2, -0.15) is 0 Å². The molecule has 0 aromatic carbocycles. The molecule has 0 amide bonds. The molecule has 18 heavy (non-hydrogen) atoms. The molecule has 2 aliphatic carbocycles. The first kappa shape index (κ1) is 11.7. The van der Waals surface area contributed by atoms with Gasteiger partial charge in [-0.15, -0.1) is 0 Å². The van der Waals surface area contributed by atoms with Crippen molar-refractivity contribution in [2.45, 2.75) is 45.6 Å². The van der Waals surface area contributed by atoms with Gasteiger partial charge in [0.25, 0.3) is 0 Å². The van der Waals surface area contributed by atoms with Crippen LogP contribution < -0.4 is 16.6 Å². The number of hydrogen-bond donors (Lipinski definition) is 3. The fourth-order valence-corrected chi connectivity index (χ4v) is 3.51. The molecule has 3 atom stereocenters. The Kier molecular flexibility index (Phi) is 2.86. The molecule has 2 bridgehead atoms. The van der Waals surface area contributed by atoms with Crippen molar-refractivity contribution in [3.8, 4) is 0 Å². The lowest BCUT2D eigenvalue weighted by atomic mass is 9.95. The average molecular weight is 247 g/mol. The molecule has 1 aromatic rings. The Balaban J connectivity index is 1.82. The van der Waals surface area contributed by atoms with Crippen LogP contribution in [-0.4, -0.2) is 16.0 Å². The van der Waals surface area contributed by atoms with E-state index in [4.69, 9.17) is 5.84 Å². The van der Waals surface area contributed by atoms with Gasteiger partial charge >= 0.3 is 0 Å². The van der Waals surface area contributed by atoms with E-state index in [2.05, 4.69) is 20.7 Å². The monoisotopic (exact) mass is 247 g/mol. The van der Waals surface area contributed by atoms with E-state index in [1.165, 1.54) is 25.7 Å². The summed E-state index contributed by atoms with van der Waals surface area (Å²) in [7, 11) is 0. The molecule has 0 radical (unpaired) electrons. The number of rotatable bonds is 3. The fourth-order valence-electron chi connectivity index (χ4n) is 3.51. The molecule has 1 aromatic heterocycles. The molecule has 2 saturated carbocycles. The van der Waals surface area contributed by atoms with Gasteiger partial charge in [0.05, 0.1) is 0 Å². The topological polar surface area (TPSA) is 75.9 Å². The summed E-state index contributed by atoms with van der Waals surface area (Å²) in [5.74, 6) is 9.66. The molecule has 0 aliphatic heterocycles. The molecule has 5 heteroatoms. The molecule has 3 unspecified atom stereocenters. The van der Waals surface area contributed by atoms with Gasteiger partial charge in [0, 0.05) is 11.6 Å². The zero-order chi connectivity index (χ0) is 12.7. The Morgan fingerprint density at radius 3 is 2.50 bits per heavy atom. The SMILES string of the molecule is Cc1nc(NN)c(C)c(NC2CC3CCC2C3)n1. The number of hydrazine groups is 1. The number of nitrogens with one attached hydrogen (secondary N) is 2. The number of hydrogen-bond acceptors (Lipinski definition) is 5. The molecule has 98 valence electrons. The van der Waals surface area contributed by atoms with Crippen LogP contribution in [0.1, 0.15) is 37.1 Å². The van der Waals surface area contributed by atoms with E-state index < -0.39 is 0 Å². The molecule has 1 heterocycles. The summed E-state index contributed by atoms with van der Waals surface area (Å²) in [6.45, 7) is 3.90. The molecule has 0 saturated heterocycles. The van der Waals surface area contributed by atoms with Crippen molar-refractivity contribution in [3.63, 3.8) is 0 Å². The normalized spacial score (nSPS) is 29.6. The lowest BCUT2D eigenvalue weighted by molar-refractivity contribution is 0.438. The summed E-state index contributed by atoms with van der Waals surface area (Å²) in [6, 6.07) is 0.586. The Bertz CT molecular complexity index is 459. The third-order valence-electron chi connectivity index (χ3n) is 4.45. The van der Waals surface area contributed by atoms with Gasteiger partial charge in [-0.25, -0.2) is 15.8 Å². The van der Waals surface area contributed by atoms with Gasteiger partial charge in [-0.1, -0.05) is 6.42 Å².